The van der Waals surface area contributed by atoms with Gasteiger partial charge >= 0.3 is 0 Å². The highest BCUT2D eigenvalue weighted by Gasteiger charge is 2.22. The molecule has 144 valence electrons. The van der Waals surface area contributed by atoms with Crippen LogP contribution in [0.4, 0.5) is 5.13 Å². The maximum atomic E-state index is 12.2. The standard InChI is InChI=1S/C19H24N4O3S/c1-13(24)21-8-2-3-14-4-6-15(7-5-14)16-12-27-19(22-16)23-18(25)17-11-20-9-10-26-17/h4-7,12,17,20H,2-3,8-11H2,1H3,(H,21,24)(H,22,23,25). The second-order valence-corrected chi connectivity index (χ2v) is 7.23. The van der Waals surface area contributed by atoms with E-state index < -0.39 is 6.10 Å². The number of rotatable bonds is 7. The van der Waals surface area contributed by atoms with E-state index in [1.807, 2.05) is 17.5 Å². The van der Waals surface area contributed by atoms with Crippen LogP contribution >= 0.6 is 11.3 Å². The van der Waals surface area contributed by atoms with Gasteiger partial charge in [-0.15, -0.1) is 11.3 Å². The molecule has 7 nitrogen and oxygen atoms in total. The van der Waals surface area contributed by atoms with Crippen LogP contribution in [0.15, 0.2) is 29.6 Å². The number of benzene rings is 1. The number of hydrogen-bond donors (Lipinski definition) is 3. The average molecular weight is 388 g/mol. The molecule has 1 fully saturated rings. The molecule has 1 atom stereocenters. The Labute approximate surface area is 162 Å². The molecular formula is C19H24N4O3S. The van der Waals surface area contributed by atoms with Crippen molar-refractivity contribution in [3.8, 4) is 11.3 Å². The molecule has 1 unspecified atom stereocenters. The van der Waals surface area contributed by atoms with Gasteiger partial charge in [0.05, 0.1) is 12.3 Å². The predicted molar refractivity (Wildman–Crippen MR) is 106 cm³/mol. The molecule has 1 aliphatic heterocycles. The topological polar surface area (TPSA) is 92.4 Å². The van der Waals surface area contributed by atoms with E-state index >= 15 is 0 Å². The van der Waals surface area contributed by atoms with Crippen molar-refractivity contribution in [2.45, 2.75) is 25.9 Å². The third-order valence-corrected chi connectivity index (χ3v) is 4.98. The van der Waals surface area contributed by atoms with E-state index in [0.717, 1.165) is 30.6 Å². The second kappa shape index (κ2) is 9.59. The fourth-order valence-electron chi connectivity index (χ4n) is 2.78. The zero-order valence-electron chi connectivity index (χ0n) is 15.3. The van der Waals surface area contributed by atoms with Gasteiger partial charge in [0, 0.05) is 37.5 Å². The minimum atomic E-state index is -0.470. The smallest absolute Gasteiger partial charge is 0.256 e. The van der Waals surface area contributed by atoms with Gasteiger partial charge in [-0.3, -0.25) is 14.9 Å². The molecule has 3 rings (SSSR count). The molecule has 8 heteroatoms. The summed E-state index contributed by atoms with van der Waals surface area (Å²) in [5, 5.41) is 11.3. The van der Waals surface area contributed by atoms with Crippen LogP contribution in [-0.2, 0) is 20.7 Å². The largest absolute Gasteiger partial charge is 0.366 e. The summed E-state index contributed by atoms with van der Waals surface area (Å²) in [7, 11) is 0. The normalized spacial score (nSPS) is 16.7. The van der Waals surface area contributed by atoms with E-state index in [1.165, 1.54) is 23.8 Å². The number of thiazole rings is 1. The molecule has 0 radical (unpaired) electrons. The van der Waals surface area contributed by atoms with Crippen LogP contribution < -0.4 is 16.0 Å². The number of amides is 2. The highest BCUT2D eigenvalue weighted by molar-refractivity contribution is 7.14. The van der Waals surface area contributed by atoms with Gasteiger partial charge in [0.1, 0.15) is 6.10 Å². The third-order valence-electron chi connectivity index (χ3n) is 4.22. The highest BCUT2D eigenvalue weighted by atomic mass is 32.1. The zero-order chi connectivity index (χ0) is 19.1. The van der Waals surface area contributed by atoms with Crippen molar-refractivity contribution >= 4 is 28.3 Å². The summed E-state index contributed by atoms with van der Waals surface area (Å²) in [6, 6.07) is 8.20. The Hall–Kier alpha value is -2.29. The summed E-state index contributed by atoms with van der Waals surface area (Å²) in [6.45, 7) is 4.05. The summed E-state index contributed by atoms with van der Waals surface area (Å²) in [5.41, 5.74) is 3.06. The molecule has 2 aromatic rings. The van der Waals surface area contributed by atoms with Gasteiger partial charge < -0.3 is 15.4 Å². The van der Waals surface area contributed by atoms with E-state index in [1.54, 1.807) is 0 Å². The van der Waals surface area contributed by atoms with E-state index in [9.17, 15) is 9.59 Å². The number of anilines is 1. The Morgan fingerprint density at radius 1 is 1.33 bits per heavy atom. The number of aromatic nitrogens is 1. The summed E-state index contributed by atoms with van der Waals surface area (Å²) >= 11 is 1.40. The van der Waals surface area contributed by atoms with Gasteiger partial charge in [-0.05, 0) is 18.4 Å². The van der Waals surface area contributed by atoms with E-state index in [4.69, 9.17) is 4.74 Å². The molecule has 0 saturated carbocycles. The fraction of sp³-hybridized carbons (Fsp3) is 0.421. The number of nitrogens with zero attached hydrogens (tertiary/aromatic N) is 1. The minimum absolute atomic E-state index is 0.00286. The lowest BCUT2D eigenvalue weighted by molar-refractivity contribution is -0.128. The van der Waals surface area contributed by atoms with Gasteiger partial charge in [0.2, 0.25) is 5.91 Å². The van der Waals surface area contributed by atoms with Gasteiger partial charge in [-0.1, -0.05) is 24.3 Å². The van der Waals surface area contributed by atoms with E-state index in [2.05, 4.69) is 33.1 Å². The van der Waals surface area contributed by atoms with Crippen molar-refractivity contribution in [3.05, 3.63) is 35.2 Å². The first-order valence-electron chi connectivity index (χ1n) is 9.04. The molecule has 0 aliphatic carbocycles. The van der Waals surface area contributed by atoms with Crippen molar-refractivity contribution in [1.82, 2.24) is 15.6 Å². The van der Waals surface area contributed by atoms with Crippen LogP contribution in [0.2, 0.25) is 0 Å². The zero-order valence-corrected chi connectivity index (χ0v) is 16.1. The first-order chi connectivity index (χ1) is 13.1. The number of morpholine rings is 1. The maximum absolute atomic E-state index is 12.2. The SMILES string of the molecule is CC(=O)NCCCc1ccc(-c2csc(NC(=O)C3CNCCO3)n2)cc1. The van der Waals surface area contributed by atoms with E-state index in [0.29, 0.717) is 24.8 Å². The first-order valence-corrected chi connectivity index (χ1v) is 9.92. The predicted octanol–water partition coefficient (Wildman–Crippen LogP) is 1.81. The molecule has 3 N–H and O–H groups in total. The van der Waals surface area contributed by atoms with Crippen molar-refractivity contribution in [2.24, 2.45) is 0 Å². The Morgan fingerprint density at radius 3 is 2.85 bits per heavy atom. The quantitative estimate of drug-likeness (QED) is 0.629. The molecule has 2 heterocycles. The van der Waals surface area contributed by atoms with Crippen LogP contribution in [0.5, 0.6) is 0 Å². The highest BCUT2D eigenvalue weighted by Crippen LogP contribution is 2.25. The van der Waals surface area contributed by atoms with Crippen molar-refractivity contribution in [1.29, 1.82) is 0 Å². The average Bonchev–Trinajstić information content (AvgIpc) is 3.15. The van der Waals surface area contributed by atoms with Crippen molar-refractivity contribution < 1.29 is 14.3 Å². The molecule has 27 heavy (non-hydrogen) atoms. The number of nitrogens with one attached hydrogen (secondary N) is 3. The van der Waals surface area contributed by atoms with Crippen LogP contribution in [0.1, 0.15) is 18.9 Å². The number of carbonyl (C=O) groups is 2. The second-order valence-electron chi connectivity index (χ2n) is 6.37. The van der Waals surface area contributed by atoms with Gasteiger partial charge in [-0.2, -0.15) is 0 Å². The van der Waals surface area contributed by atoms with Crippen molar-refractivity contribution in [2.75, 3.05) is 31.6 Å². The number of hydrogen-bond acceptors (Lipinski definition) is 6. The Morgan fingerprint density at radius 2 is 2.15 bits per heavy atom. The molecule has 0 spiro atoms. The van der Waals surface area contributed by atoms with Crippen molar-refractivity contribution in [3.63, 3.8) is 0 Å². The van der Waals surface area contributed by atoms with Crippen LogP contribution in [0.3, 0.4) is 0 Å². The summed E-state index contributed by atoms with van der Waals surface area (Å²) in [4.78, 5) is 27.6. The maximum Gasteiger partial charge on any atom is 0.256 e. The monoisotopic (exact) mass is 388 g/mol. The van der Waals surface area contributed by atoms with Crippen LogP contribution in [0.25, 0.3) is 11.3 Å². The van der Waals surface area contributed by atoms with E-state index in [-0.39, 0.29) is 11.8 Å². The number of carbonyl (C=O) groups excluding carboxylic acids is 2. The van der Waals surface area contributed by atoms with Gasteiger partial charge in [-0.25, -0.2) is 4.98 Å². The molecule has 1 saturated heterocycles. The van der Waals surface area contributed by atoms with Crippen LogP contribution in [-0.4, -0.2) is 49.1 Å². The number of aryl methyl sites for hydroxylation is 1. The Bertz CT molecular complexity index is 770. The minimum Gasteiger partial charge on any atom is -0.366 e. The first kappa shape index (κ1) is 19.5. The van der Waals surface area contributed by atoms with Gasteiger partial charge in [0.25, 0.3) is 5.91 Å². The summed E-state index contributed by atoms with van der Waals surface area (Å²) < 4.78 is 5.45. The lowest BCUT2D eigenvalue weighted by atomic mass is 10.1. The molecule has 2 amide bonds. The summed E-state index contributed by atoms with van der Waals surface area (Å²) in [5.74, 6) is -0.166. The summed E-state index contributed by atoms with van der Waals surface area (Å²) in [6.07, 6.45) is 1.35. The number of ether oxygens (including phenoxy) is 1. The molecule has 1 aromatic carbocycles. The van der Waals surface area contributed by atoms with Crippen LogP contribution in [0, 0.1) is 0 Å². The molecule has 1 aliphatic rings. The Kier molecular flexibility index (Phi) is 6.92. The lowest BCUT2D eigenvalue weighted by Gasteiger charge is -2.22. The molecular weight excluding hydrogens is 364 g/mol. The third kappa shape index (κ3) is 5.85. The Balaban J connectivity index is 1.52. The van der Waals surface area contributed by atoms with Gasteiger partial charge in [0.15, 0.2) is 5.13 Å². The fourth-order valence-corrected chi connectivity index (χ4v) is 3.51. The lowest BCUT2D eigenvalue weighted by Crippen LogP contribution is -2.45. The molecule has 0 bridgehead atoms. The molecule has 1 aromatic heterocycles.